The van der Waals surface area contributed by atoms with Gasteiger partial charge in [0.15, 0.2) is 27.2 Å². The number of nitrogens with zero attached hydrogens (tertiary/aromatic N) is 4. The minimum atomic E-state index is -3.53. The molecule has 1 aliphatic carbocycles. The molecule has 2 atom stereocenters. The molecule has 0 unspecified atom stereocenters. The quantitative estimate of drug-likeness (QED) is 0.737. The molecule has 3 aliphatic rings. The van der Waals surface area contributed by atoms with Crippen molar-refractivity contribution in [3.8, 4) is 17.1 Å². The summed E-state index contributed by atoms with van der Waals surface area (Å²) < 4.78 is 36.1. The van der Waals surface area contributed by atoms with E-state index in [9.17, 15) is 8.42 Å². The fraction of sp³-hybridized carbons (Fsp3) is 0.500. The number of nitrogens with two attached hydrogens (primary N) is 1. The van der Waals surface area contributed by atoms with Crippen molar-refractivity contribution in [1.29, 1.82) is 0 Å². The molecule has 0 saturated carbocycles. The Labute approximate surface area is 187 Å². The molecule has 9 nitrogen and oxygen atoms in total. The van der Waals surface area contributed by atoms with Crippen molar-refractivity contribution in [2.24, 2.45) is 0 Å². The second-order valence-corrected chi connectivity index (χ2v) is 11.7. The van der Waals surface area contributed by atoms with Crippen molar-refractivity contribution >= 4 is 27.5 Å². The number of fused-ring (bicyclic) bond motifs is 4. The monoisotopic (exact) mass is 457 g/mol. The summed E-state index contributed by atoms with van der Waals surface area (Å²) in [6.45, 7) is 6.78. The Morgan fingerprint density at radius 2 is 2.00 bits per heavy atom. The minimum absolute atomic E-state index is 0.0138. The van der Waals surface area contributed by atoms with Gasteiger partial charge in [0.05, 0.1) is 30.9 Å². The van der Waals surface area contributed by atoms with Gasteiger partial charge < -0.3 is 20.1 Å². The van der Waals surface area contributed by atoms with Gasteiger partial charge in [-0.05, 0) is 38.3 Å². The normalized spacial score (nSPS) is 22.2. The maximum Gasteiger partial charge on any atom is 0.185 e. The van der Waals surface area contributed by atoms with E-state index in [1.807, 2.05) is 12.2 Å². The van der Waals surface area contributed by atoms with Crippen LogP contribution in [0.4, 0.5) is 11.6 Å². The van der Waals surface area contributed by atoms with E-state index in [4.69, 9.17) is 25.2 Å². The van der Waals surface area contributed by atoms with Crippen molar-refractivity contribution in [3.05, 3.63) is 29.1 Å². The topological polar surface area (TPSA) is 121 Å². The Hall–Kier alpha value is -2.72. The van der Waals surface area contributed by atoms with Crippen molar-refractivity contribution in [1.82, 2.24) is 15.0 Å². The van der Waals surface area contributed by atoms with Crippen LogP contribution in [0.1, 0.15) is 37.6 Å². The highest BCUT2D eigenvalue weighted by Crippen LogP contribution is 2.45. The van der Waals surface area contributed by atoms with Crippen LogP contribution in [0.5, 0.6) is 5.75 Å². The highest BCUT2D eigenvalue weighted by atomic mass is 32.2. The zero-order chi connectivity index (χ0) is 22.8. The molecule has 4 heterocycles. The number of anilines is 2. The van der Waals surface area contributed by atoms with Crippen LogP contribution in [-0.2, 0) is 25.7 Å². The average molecular weight is 458 g/mol. The fourth-order valence-electron chi connectivity index (χ4n) is 4.50. The summed E-state index contributed by atoms with van der Waals surface area (Å²) in [6.07, 6.45) is 7.76. The summed E-state index contributed by atoms with van der Waals surface area (Å²) in [5.41, 5.74) is 9.20. The first kappa shape index (κ1) is 21.1. The van der Waals surface area contributed by atoms with Crippen LogP contribution in [0.3, 0.4) is 0 Å². The summed E-state index contributed by atoms with van der Waals surface area (Å²) in [5, 5.41) is 0. The molecular formula is C22H27N5O4S. The Morgan fingerprint density at radius 3 is 2.75 bits per heavy atom. The molecule has 5 rings (SSSR count). The lowest BCUT2D eigenvalue weighted by Crippen LogP contribution is -2.56. The third kappa shape index (κ3) is 3.07. The first-order chi connectivity index (χ1) is 15.1. The third-order valence-electron chi connectivity index (χ3n) is 6.62. The Morgan fingerprint density at radius 1 is 1.22 bits per heavy atom. The van der Waals surface area contributed by atoms with Crippen LogP contribution in [0.2, 0.25) is 0 Å². The largest absolute Gasteiger partial charge is 0.486 e. The molecule has 0 radical (unpaired) electrons. The number of ether oxygens (including phenoxy) is 2. The molecule has 2 aromatic heterocycles. The summed E-state index contributed by atoms with van der Waals surface area (Å²) in [5.74, 6) is 1.64. The second-order valence-electron chi connectivity index (χ2n) is 9.15. The number of pyridine rings is 1. The molecule has 0 spiro atoms. The molecule has 2 N–H and O–H groups in total. The van der Waals surface area contributed by atoms with Gasteiger partial charge in [-0.3, -0.25) is 0 Å². The van der Waals surface area contributed by atoms with E-state index >= 15 is 0 Å². The first-order valence-corrected chi connectivity index (χ1v) is 12.5. The second kappa shape index (κ2) is 7.14. The molecule has 1 saturated heterocycles. The van der Waals surface area contributed by atoms with Gasteiger partial charge in [-0.15, -0.1) is 0 Å². The summed E-state index contributed by atoms with van der Waals surface area (Å²) >= 11 is 0. The zero-order valence-electron chi connectivity index (χ0n) is 18.6. The van der Waals surface area contributed by atoms with E-state index < -0.39 is 14.6 Å². The van der Waals surface area contributed by atoms with Gasteiger partial charge in [0.25, 0.3) is 0 Å². The van der Waals surface area contributed by atoms with Crippen molar-refractivity contribution in [3.63, 3.8) is 0 Å². The van der Waals surface area contributed by atoms with E-state index in [-0.39, 0.29) is 12.1 Å². The third-order valence-corrected chi connectivity index (χ3v) is 8.67. The molecule has 170 valence electrons. The summed E-state index contributed by atoms with van der Waals surface area (Å²) in [4.78, 5) is 16.2. The lowest BCUT2D eigenvalue weighted by Gasteiger charge is -2.45. The van der Waals surface area contributed by atoms with E-state index in [1.54, 1.807) is 20.0 Å². The molecule has 2 aliphatic heterocycles. The SMILES string of the molecule is C[C@@H]1COC[C@H]2COc3c(nc(-c4c(N)ncc5c4C=CC5)nc3C(C)(C)S(C)(=O)=O)N21. The smallest absolute Gasteiger partial charge is 0.185 e. The van der Waals surface area contributed by atoms with Gasteiger partial charge >= 0.3 is 0 Å². The number of nitrogen functional groups attached to an aromatic ring is 1. The van der Waals surface area contributed by atoms with Crippen LogP contribution >= 0.6 is 0 Å². The molecule has 32 heavy (non-hydrogen) atoms. The van der Waals surface area contributed by atoms with E-state index in [1.165, 1.54) is 6.26 Å². The number of allylic oxidation sites excluding steroid dienone is 1. The van der Waals surface area contributed by atoms with Crippen LogP contribution < -0.4 is 15.4 Å². The number of morpholine rings is 1. The molecular weight excluding hydrogens is 430 g/mol. The van der Waals surface area contributed by atoms with E-state index in [0.717, 1.165) is 17.5 Å². The first-order valence-electron chi connectivity index (χ1n) is 10.6. The zero-order valence-corrected chi connectivity index (χ0v) is 19.4. The fourth-order valence-corrected chi connectivity index (χ4v) is 4.99. The molecule has 1 fully saturated rings. The highest BCUT2D eigenvalue weighted by Gasteiger charge is 2.44. The maximum absolute atomic E-state index is 12.8. The number of rotatable bonds is 3. The van der Waals surface area contributed by atoms with E-state index in [0.29, 0.717) is 54.3 Å². The predicted molar refractivity (Wildman–Crippen MR) is 122 cm³/mol. The number of aromatic nitrogens is 3. The summed E-state index contributed by atoms with van der Waals surface area (Å²) in [7, 11) is -3.53. The van der Waals surface area contributed by atoms with Crippen LogP contribution in [0.25, 0.3) is 17.5 Å². The predicted octanol–water partition coefficient (Wildman–Crippen LogP) is 1.96. The number of hydrogen-bond acceptors (Lipinski definition) is 9. The van der Waals surface area contributed by atoms with Crippen LogP contribution in [0.15, 0.2) is 12.3 Å². The van der Waals surface area contributed by atoms with Crippen molar-refractivity contribution < 1.29 is 17.9 Å². The van der Waals surface area contributed by atoms with Crippen molar-refractivity contribution in [2.75, 3.05) is 36.7 Å². The maximum atomic E-state index is 12.8. The molecule has 10 heteroatoms. The van der Waals surface area contributed by atoms with Gasteiger partial charge in [-0.2, -0.15) is 0 Å². The lowest BCUT2D eigenvalue weighted by molar-refractivity contribution is 0.0482. The van der Waals surface area contributed by atoms with E-state index in [2.05, 4.69) is 16.8 Å². The van der Waals surface area contributed by atoms with Crippen LogP contribution in [-0.4, -0.2) is 61.5 Å². The van der Waals surface area contributed by atoms with Gasteiger partial charge in [-0.1, -0.05) is 12.2 Å². The van der Waals surface area contributed by atoms with Crippen LogP contribution in [0, 0.1) is 0 Å². The molecule has 0 aromatic carbocycles. The Balaban J connectivity index is 1.82. The molecule has 0 amide bonds. The van der Waals surface area contributed by atoms with Gasteiger partial charge in [0, 0.05) is 12.5 Å². The standard InChI is InChI=1S/C22H27N5O4S/c1-12-9-30-10-14-11-31-17-18(22(2,3)32(4,28)29)25-20(26-21(17)27(12)14)16-15-7-5-6-13(15)8-24-19(16)23/h5,7-8,12,14H,6,9-11H2,1-4H3,(H2,23,24)/t12-,14+/m1/s1. The minimum Gasteiger partial charge on any atom is -0.486 e. The lowest BCUT2D eigenvalue weighted by atomic mass is 10.0. The van der Waals surface area contributed by atoms with Crippen molar-refractivity contribution in [2.45, 2.75) is 44.0 Å². The average Bonchev–Trinajstić information content (AvgIpc) is 3.20. The van der Waals surface area contributed by atoms with Gasteiger partial charge in [0.2, 0.25) is 0 Å². The summed E-state index contributed by atoms with van der Waals surface area (Å²) in [6, 6.07) is 0.0326. The molecule has 0 bridgehead atoms. The Bertz CT molecular complexity index is 1240. The number of hydrogen-bond donors (Lipinski definition) is 1. The van der Waals surface area contributed by atoms with Gasteiger partial charge in [0.1, 0.15) is 22.9 Å². The van der Waals surface area contributed by atoms with Gasteiger partial charge in [-0.25, -0.2) is 23.4 Å². The highest BCUT2D eigenvalue weighted by molar-refractivity contribution is 7.91. The molecule has 2 aromatic rings. The Kier molecular flexibility index (Phi) is 4.72. The number of sulfone groups is 1.